The number of aromatic hydroxyl groups is 1. The van der Waals surface area contributed by atoms with Gasteiger partial charge >= 0.3 is 5.69 Å². The Hall–Kier alpha value is -2.50. The standard InChI is InChI=1S/C15H18N2O4/c1-4-12-13(18)16-15(20)17(14(12)19)9(2)10-5-7-11(21-3)8-6-10/h5-9,19H,4H2,1-3H3,(H,16,18,20). The van der Waals surface area contributed by atoms with E-state index in [0.717, 1.165) is 5.56 Å². The lowest BCUT2D eigenvalue weighted by atomic mass is 10.1. The summed E-state index contributed by atoms with van der Waals surface area (Å²) in [5.41, 5.74) is -0.145. The number of ether oxygens (including phenoxy) is 1. The van der Waals surface area contributed by atoms with E-state index in [2.05, 4.69) is 4.98 Å². The Morgan fingerprint density at radius 3 is 2.43 bits per heavy atom. The minimum Gasteiger partial charge on any atom is -0.497 e. The monoisotopic (exact) mass is 290 g/mol. The number of H-pyrrole nitrogens is 1. The molecule has 112 valence electrons. The quantitative estimate of drug-likeness (QED) is 0.892. The molecule has 0 aliphatic heterocycles. The zero-order valence-electron chi connectivity index (χ0n) is 12.2. The van der Waals surface area contributed by atoms with Gasteiger partial charge in [-0.1, -0.05) is 19.1 Å². The Bertz CT molecular complexity index is 744. The highest BCUT2D eigenvalue weighted by atomic mass is 16.5. The Morgan fingerprint density at radius 1 is 1.29 bits per heavy atom. The first-order chi connectivity index (χ1) is 9.99. The van der Waals surface area contributed by atoms with Crippen molar-refractivity contribution in [3.05, 3.63) is 56.2 Å². The summed E-state index contributed by atoms with van der Waals surface area (Å²) in [5, 5.41) is 10.2. The highest BCUT2D eigenvalue weighted by molar-refractivity contribution is 5.31. The lowest BCUT2D eigenvalue weighted by molar-refractivity contribution is 0.382. The third-order valence-corrected chi connectivity index (χ3v) is 3.55. The highest BCUT2D eigenvalue weighted by Gasteiger charge is 2.18. The average molecular weight is 290 g/mol. The van der Waals surface area contributed by atoms with Crippen LogP contribution in [0.25, 0.3) is 0 Å². The zero-order chi connectivity index (χ0) is 15.6. The topological polar surface area (TPSA) is 84.3 Å². The van der Waals surface area contributed by atoms with Crippen LogP contribution in [0.5, 0.6) is 11.6 Å². The second kappa shape index (κ2) is 5.87. The first-order valence-corrected chi connectivity index (χ1v) is 6.70. The van der Waals surface area contributed by atoms with E-state index in [1.54, 1.807) is 33.1 Å². The molecule has 0 saturated carbocycles. The molecule has 2 rings (SSSR count). The molecule has 0 aliphatic rings. The molecule has 21 heavy (non-hydrogen) atoms. The molecule has 0 aliphatic carbocycles. The summed E-state index contributed by atoms with van der Waals surface area (Å²) in [5.74, 6) is 0.424. The molecule has 6 heteroatoms. The molecule has 1 aromatic heterocycles. The third kappa shape index (κ3) is 2.69. The van der Waals surface area contributed by atoms with Crippen LogP contribution in [0.1, 0.15) is 31.0 Å². The molecule has 0 spiro atoms. The molecule has 6 nitrogen and oxygen atoms in total. The second-order valence-corrected chi connectivity index (χ2v) is 4.73. The number of hydrogen-bond donors (Lipinski definition) is 2. The molecular formula is C15H18N2O4. The van der Waals surface area contributed by atoms with Gasteiger partial charge in [0.05, 0.1) is 18.7 Å². The van der Waals surface area contributed by atoms with Gasteiger partial charge in [-0.2, -0.15) is 0 Å². The van der Waals surface area contributed by atoms with Gasteiger partial charge in [-0.05, 0) is 31.0 Å². The molecule has 1 aromatic carbocycles. The third-order valence-electron chi connectivity index (χ3n) is 3.55. The fraction of sp³-hybridized carbons (Fsp3) is 0.333. The van der Waals surface area contributed by atoms with Gasteiger partial charge in [0.1, 0.15) is 5.75 Å². The van der Waals surface area contributed by atoms with Gasteiger partial charge in [-0.3, -0.25) is 14.3 Å². The van der Waals surface area contributed by atoms with Crippen molar-refractivity contribution in [3.8, 4) is 11.6 Å². The number of hydrogen-bond acceptors (Lipinski definition) is 4. The summed E-state index contributed by atoms with van der Waals surface area (Å²) in [4.78, 5) is 25.9. The van der Waals surface area contributed by atoms with Gasteiger partial charge in [0.2, 0.25) is 5.88 Å². The molecule has 0 bridgehead atoms. The smallest absolute Gasteiger partial charge is 0.331 e. The Balaban J connectivity index is 2.54. The van der Waals surface area contributed by atoms with Crippen molar-refractivity contribution in [3.63, 3.8) is 0 Å². The van der Waals surface area contributed by atoms with E-state index in [4.69, 9.17) is 4.74 Å². The summed E-state index contributed by atoms with van der Waals surface area (Å²) in [6.07, 6.45) is 0.344. The molecule has 0 radical (unpaired) electrons. The molecule has 1 unspecified atom stereocenters. The van der Waals surface area contributed by atoms with Crippen LogP contribution < -0.4 is 16.0 Å². The van der Waals surface area contributed by atoms with E-state index in [1.807, 2.05) is 12.1 Å². The predicted molar refractivity (Wildman–Crippen MR) is 79.2 cm³/mol. The van der Waals surface area contributed by atoms with Gasteiger partial charge < -0.3 is 9.84 Å². The van der Waals surface area contributed by atoms with Crippen LogP contribution in [0.15, 0.2) is 33.9 Å². The largest absolute Gasteiger partial charge is 0.497 e. The van der Waals surface area contributed by atoms with E-state index < -0.39 is 17.3 Å². The Labute approximate surface area is 121 Å². The van der Waals surface area contributed by atoms with Crippen LogP contribution in [-0.2, 0) is 6.42 Å². The highest BCUT2D eigenvalue weighted by Crippen LogP contribution is 2.24. The van der Waals surface area contributed by atoms with Crippen molar-refractivity contribution in [2.24, 2.45) is 0 Å². The number of aromatic nitrogens is 2. The first-order valence-electron chi connectivity index (χ1n) is 6.70. The van der Waals surface area contributed by atoms with Crippen molar-refractivity contribution < 1.29 is 9.84 Å². The van der Waals surface area contributed by atoms with E-state index in [1.165, 1.54) is 4.57 Å². The SMILES string of the molecule is CCc1c(O)n(C(C)c2ccc(OC)cc2)c(=O)[nH]c1=O. The van der Waals surface area contributed by atoms with Crippen molar-refractivity contribution in [2.75, 3.05) is 7.11 Å². The maximum atomic E-state index is 12.0. The lowest BCUT2D eigenvalue weighted by Gasteiger charge is -2.18. The second-order valence-electron chi connectivity index (χ2n) is 4.73. The molecular weight excluding hydrogens is 272 g/mol. The number of nitrogens with zero attached hydrogens (tertiary/aromatic N) is 1. The van der Waals surface area contributed by atoms with Crippen LogP contribution in [0, 0.1) is 0 Å². The van der Waals surface area contributed by atoms with Crippen LogP contribution >= 0.6 is 0 Å². The molecule has 2 N–H and O–H groups in total. The fourth-order valence-electron chi connectivity index (χ4n) is 2.29. The van der Waals surface area contributed by atoms with Crippen molar-refractivity contribution in [1.82, 2.24) is 9.55 Å². The van der Waals surface area contributed by atoms with Gasteiger partial charge in [0.25, 0.3) is 5.56 Å². The minimum absolute atomic E-state index is 0.204. The van der Waals surface area contributed by atoms with E-state index in [0.29, 0.717) is 12.2 Å². The number of aromatic amines is 1. The van der Waals surface area contributed by atoms with Crippen molar-refractivity contribution >= 4 is 0 Å². The average Bonchev–Trinajstić information content (AvgIpc) is 2.47. The van der Waals surface area contributed by atoms with Crippen LogP contribution in [0.2, 0.25) is 0 Å². The van der Waals surface area contributed by atoms with Gasteiger partial charge in [0, 0.05) is 0 Å². The molecule has 0 saturated heterocycles. The zero-order valence-corrected chi connectivity index (χ0v) is 12.2. The number of rotatable bonds is 4. The summed E-state index contributed by atoms with van der Waals surface area (Å²) in [6, 6.07) is 6.77. The molecule has 2 aromatic rings. The maximum absolute atomic E-state index is 12.0. The summed E-state index contributed by atoms with van der Waals surface area (Å²) < 4.78 is 6.27. The van der Waals surface area contributed by atoms with Crippen LogP contribution in [0.4, 0.5) is 0 Å². The van der Waals surface area contributed by atoms with E-state index in [9.17, 15) is 14.7 Å². The van der Waals surface area contributed by atoms with Gasteiger partial charge in [-0.25, -0.2) is 4.79 Å². The number of nitrogens with one attached hydrogen (secondary N) is 1. The minimum atomic E-state index is -0.627. The molecule has 1 atom stereocenters. The van der Waals surface area contributed by atoms with Crippen molar-refractivity contribution in [1.29, 1.82) is 0 Å². The summed E-state index contributed by atoms with van der Waals surface area (Å²) in [7, 11) is 1.57. The first kappa shape index (κ1) is 14.9. The Morgan fingerprint density at radius 2 is 1.90 bits per heavy atom. The van der Waals surface area contributed by atoms with Crippen molar-refractivity contribution in [2.45, 2.75) is 26.3 Å². The summed E-state index contributed by atoms with van der Waals surface area (Å²) in [6.45, 7) is 3.53. The van der Waals surface area contributed by atoms with E-state index in [-0.39, 0.29) is 11.4 Å². The van der Waals surface area contributed by atoms with Crippen LogP contribution in [-0.4, -0.2) is 21.8 Å². The predicted octanol–water partition coefficient (Wildman–Crippen LogP) is 1.42. The Kier molecular flexibility index (Phi) is 4.16. The van der Waals surface area contributed by atoms with Gasteiger partial charge in [0.15, 0.2) is 0 Å². The maximum Gasteiger partial charge on any atom is 0.331 e. The van der Waals surface area contributed by atoms with Crippen LogP contribution in [0.3, 0.4) is 0 Å². The molecule has 1 heterocycles. The lowest BCUT2D eigenvalue weighted by Crippen LogP contribution is -2.34. The molecule has 0 fully saturated rings. The fourth-order valence-corrected chi connectivity index (χ4v) is 2.29. The number of methoxy groups -OCH3 is 1. The van der Waals surface area contributed by atoms with E-state index >= 15 is 0 Å². The normalized spacial score (nSPS) is 12.1. The van der Waals surface area contributed by atoms with Gasteiger partial charge in [-0.15, -0.1) is 0 Å². The molecule has 0 amide bonds. The summed E-state index contributed by atoms with van der Waals surface area (Å²) >= 11 is 0. The number of benzene rings is 1.